The van der Waals surface area contributed by atoms with E-state index < -0.39 is 6.04 Å². The van der Waals surface area contributed by atoms with Crippen molar-refractivity contribution in [1.29, 1.82) is 0 Å². The molecule has 0 aromatic heterocycles. The molecule has 0 aliphatic rings. The van der Waals surface area contributed by atoms with Crippen molar-refractivity contribution in [3.8, 4) is 5.75 Å². The predicted octanol–water partition coefficient (Wildman–Crippen LogP) is 5.02. The maximum absolute atomic E-state index is 13.4. The number of aryl methyl sites for hydroxylation is 3. The molecular formula is C27H38N2O3. The number of rotatable bonds is 8. The van der Waals surface area contributed by atoms with E-state index in [9.17, 15) is 9.59 Å². The van der Waals surface area contributed by atoms with Gasteiger partial charge in [0.15, 0.2) is 6.61 Å². The largest absolute Gasteiger partial charge is 0.483 e. The number of hydrogen-bond acceptors (Lipinski definition) is 3. The van der Waals surface area contributed by atoms with Gasteiger partial charge >= 0.3 is 0 Å². The van der Waals surface area contributed by atoms with Gasteiger partial charge in [0.05, 0.1) is 0 Å². The van der Waals surface area contributed by atoms with E-state index in [0.717, 1.165) is 27.8 Å². The van der Waals surface area contributed by atoms with Crippen molar-refractivity contribution >= 4 is 11.8 Å². The van der Waals surface area contributed by atoms with Crippen LogP contribution in [0.5, 0.6) is 5.75 Å². The van der Waals surface area contributed by atoms with Crippen molar-refractivity contribution in [2.45, 2.75) is 79.9 Å². The summed E-state index contributed by atoms with van der Waals surface area (Å²) in [6.07, 6.45) is 0.516. The van der Waals surface area contributed by atoms with Crippen LogP contribution in [0.3, 0.4) is 0 Å². The molecule has 0 unspecified atom stereocenters. The Morgan fingerprint density at radius 1 is 1.03 bits per heavy atom. The first-order chi connectivity index (χ1) is 14.9. The van der Waals surface area contributed by atoms with Gasteiger partial charge in [0.1, 0.15) is 11.8 Å². The molecule has 0 fully saturated rings. The van der Waals surface area contributed by atoms with Gasteiger partial charge < -0.3 is 15.0 Å². The standard InChI is InChI=1S/C27H38N2O3/c1-9-23(26(31)28-27(6,7)8)29(16-22-13-11-10-12-19(22)3)25(30)17-32-24-15-18(2)14-20(4)21(24)5/h10-15,23H,9,16-17H2,1-8H3,(H,28,31)/t23-/m1/s1. The molecular weight excluding hydrogens is 400 g/mol. The lowest BCUT2D eigenvalue weighted by Crippen LogP contribution is -2.54. The maximum Gasteiger partial charge on any atom is 0.261 e. The van der Waals surface area contributed by atoms with Crippen LogP contribution < -0.4 is 10.1 Å². The number of amides is 2. The molecule has 32 heavy (non-hydrogen) atoms. The summed E-state index contributed by atoms with van der Waals surface area (Å²) in [5.41, 5.74) is 4.96. The van der Waals surface area contributed by atoms with Gasteiger partial charge in [0.25, 0.3) is 5.91 Å². The number of benzene rings is 2. The van der Waals surface area contributed by atoms with Crippen molar-refractivity contribution in [2.75, 3.05) is 6.61 Å². The molecule has 2 amide bonds. The summed E-state index contributed by atoms with van der Waals surface area (Å²) in [6.45, 7) is 16.0. The van der Waals surface area contributed by atoms with Gasteiger partial charge in [0.2, 0.25) is 5.91 Å². The smallest absolute Gasteiger partial charge is 0.261 e. The molecule has 5 heteroatoms. The van der Waals surface area contributed by atoms with Gasteiger partial charge in [-0.25, -0.2) is 0 Å². The number of hydrogen-bond donors (Lipinski definition) is 1. The summed E-state index contributed by atoms with van der Waals surface area (Å²) in [4.78, 5) is 28.1. The molecule has 0 spiro atoms. The lowest BCUT2D eigenvalue weighted by molar-refractivity contribution is -0.143. The van der Waals surface area contributed by atoms with Crippen LogP contribution in [0.25, 0.3) is 0 Å². The summed E-state index contributed by atoms with van der Waals surface area (Å²) in [5.74, 6) is 0.353. The molecule has 2 aromatic rings. The summed E-state index contributed by atoms with van der Waals surface area (Å²) >= 11 is 0. The van der Waals surface area contributed by atoms with Crippen LogP contribution in [0.15, 0.2) is 36.4 Å². The van der Waals surface area contributed by atoms with Crippen LogP contribution in [0.4, 0.5) is 0 Å². The highest BCUT2D eigenvalue weighted by Gasteiger charge is 2.31. The van der Waals surface area contributed by atoms with Crippen LogP contribution in [0.2, 0.25) is 0 Å². The van der Waals surface area contributed by atoms with Crippen molar-refractivity contribution in [1.82, 2.24) is 10.2 Å². The van der Waals surface area contributed by atoms with Crippen LogP contribution in [-0.2, 0) is 16.1 Å². The average molecular weight is 439 g/mol. The third-order valence-electron chi connectivity index (χ3n) is 5.60. The molecule has 0 saturated carbocycles. The lowest BCUT2D eigenvalue weighted by Gasteiger charge is -2.33. The molecule has 0 aliphatic carbocycles. The summed E-state index contributed by atoms with van der Waals surface area (Å²) in [5, 5.41) is 3.03. The fourth-order valence-corrected chi connectivity index (χ4v) is 3.72. The Morgan fingerprint density at radius 2 is 1.69 bits per heavy atom. The molecule has 0 radical (unpaired) electrons. The number of ether oxygens (including phenoxy) is 1. The number of nitrogens with zero attached hydrogens (tertiary/aromatic N) is 1. The van der Waals surface area contributed by atoms with E-state index in [1.54, 1.807) is 4.90 Å². The monoisotopic (exact) mass is 438 g/mol. The van der Waals surface area contributed by atoms with Gasteiger partial charge in [-0.15, -0.1) is 0 Å². The van der Waals surface area contributed by atoms with E-state index >= 15 is 0 Å². The maximum atomic E-state index is 13.4. The van der Waals surface area contributed by atoms with Crippen LogP contribution in [-0.4, -0.2) is 34.9 Å². The quantitative estimate of drug-likeness (QED) is 0.629. The van der Waals surface area contributed by atoms with E-state index in [1.165, 1.54) is 0 Å². The van der Waals surface area contributed by atoms with E-state index in [2.05, 4.69) is 11.4 Å². The Morgan fingerprint density at radius 3 is 2.28 bits per heavy atom. The Hall–Kier alpha value is -2.82. The molecule has 174 valence electrons. The van der Waals surface area contributed by atoms with Crippen molar-refractivity contribution in [3.05, 3.63) is 64.2 Å². The Balaban J connectivity index is 2.31. The zero-order valence-corrected chi connectivity index (χ0v) is 20.8. The van der Waals surface area contributed by atoms with Crippen LogP contribution >= 0.6 is 0 Å². The molecule has 0 bridgehead atoms. The van der Waals surface area contributed by atoms with Gasteiger partial charge in [0, 0.05) is 12.1 Å². The zero-order valence-electron chi connectivity index (χ0n) is 20.8. The zero-order chi connectivity index (χ0) is 24.1. The summed E-state index contributed by atoms with van der Waals surface area (Å²) in [6, 6.07) is 11.4. The number of carbonyl (C=O) groups excluding carboxylic acids is 2. The van der Waals surface area contributed by atoms with Crippen molar-refractivity contribution in [2.24, 2.45) is 0 Å². The van der Waals surface area contributed by atoms with Gasteiger partial charge in [-0.05, 0) is 88.8 Å². The molecule has 5 nitrogen and oxygen atoms in total. The Bertz CT molecular complexity index is 960. The lowest BCUT2D eigenvalue weighted by atomic mass is 10.0. The van der Waals surface area contributed by atoms with Gasteiger partial charge in [-0.1, -0.05) is 37.3 Å². The minimum atomic E-state index is -0.578. The molecule has 0 aliphatic heterocycles. The predicted molar refractivity (Wildman–Crippen MR) is 130 cm³/mol. The first-order valence-corrected chi connectivity index (χ1v) is 11.3. The van der Waals surface area contributed by atoms with Crippen molar-refractivity contribution < 1.29 is 14.3 Å². The van der Waals surface area contributed by atoms with Gasteiger partial charge in [-0.2, -0.15) is 0 Å². The Kier molecular flexibility index (Phi) is 8.48. The van der Waals surface area contributed by atoms with E-state index in [4.69, 9.17) is 4.74 Å². The van der Waals surface area contributed by atoms with Crippen molar-refractivity contribution in [3.63, 3.8) is 0 Å². The average Bonchev–Trinajstić information content (AvgIpc) is 2.69. The molecule has 0 saturated heterocycles. The summed E-state index contributed by atoms with van der Waals surface area (Å²) in [7, 11) is 0. The minimum absolute atomic E-state index is 0.116. The SMILES string of the molecule is CC[C@H](C(=O)NC(C)(C)C)N(Cc1ccccc1C)C(=O)COc1cc(C)cc(C)c1C. The topological polar surface area (TPSA) is 58.6 Å². The first-order valence-electron chi connectivity index (χ1n) is 11.3. The highest BCUT2D eigenvalue weighted by Crippen LogP contribution is 2.24. The third-order valence-corrected chi connectivity index (χ3v) is 5.60. The van der Waals surface area contributed by atoms with Gasteiger partial charge in [-0.3, -0.25) is 9.59 Å². The fourth-order valence-electron chi connectivity index (χ4n) is 3.72. The number of carbonyl (C=O) groups is 2. The van der Waals surface area contributed by atoms with E-state index in [1.807, 2.05) is 85.7 Å². The molecule has 2 aromatic carbocycles. The second-order valence-corrected chi connectivity index (χ2v) is 9.61. The first kappa shape index (κ1) is 25.4. The normalized spacial score (nSPS) is 12.2. The Labute approximate surface area is 193 Å². The third kappa shape index (κ3) is 6.84. The second-order valence-electron chi connectivity index (χ2n) is 9.61. The van der Waals surface area contributed by atoms with E-state index in [0.29, 0.717) is 18.7 Å². The highest BCUT2D eigenvalue weighted by atomic mass is 16.5. The van der Waals surface area contributed by atoms with E-state index in [-0.39, 0.29) is 24.0 Å². The number of nitrogens with one attached hydrogen (secondary N) is 1. The molecule has 2 rings (SSSR count). The molecule has 1 atom stereocenters. The van der Waals surface area contributed by atoms with Crippen LogP contribution in [0.1, 0.15) is 61.9 Å². The molecule has 1 N–H and O–H groups in total. The molecule has 0 heterocycles. The fraction of sp³-hybridized carbons (Fsp3) is 0.481. The summed E-state index contributed by atoms with van der Waals surface area (Å²) < 4.78 is 5.96. The minimum Gasteiger partial charge on any atom is -0.483 e. The highest BCUT2D eigenvalue weighted by molar-refractivity contribution is 5.88. The second kappa shape index (κ2) is 10.7. The van der Waals surface area contributed by atoms with Crippen LogP contribution in [0, 0.1) is 27.7 Å².